The molecule has 0 atom stereocenters. The van der Waals surface area contributed by atoms with Crippen molar-refractivity contribution in [2.45, 2.75) is 27.2 Å². The first-order valence-electron chi connectivity index (χ1n) is 7.81. The Morgan fingerprint density at radius 2 is 2.29 bits per heavy atom. The number of nitrogen functional groups attached to an aromatic ring is 1. The highest BCUT2D eigenvalue weighted by atomic mass is 32.1. The largest absolute Gasteiger partial charge is 0.493 e. The molecule has 0 fully saturated rings. The van der Waals surface area contributed by atoms with Gasteiger partial charge in [-0.3, -0.25) is 4.79 Å². The van der Waals surface area contributed by atoms with E-state index in [9.17, 15) is 4.79 Å². The molecule has 0 saturated heterocycles. The fraction of sp³-hybridized carbons (Fsp3) is 0.353. The Hall–Kier alpha value is -2.41. The van der Waals surface area contributed by atoms with E-state index in [0.29, 0.717) is 34.6 Å². The molecule has 3 N–H and O–H groups in total. The molecule has 1 aromatic carbocycles. The molecular weight excluding hydrogens is 324 g/mol. The predicted octanol–water partition coefficient (Wildman–Crippen LogP) is 3.09. The maximum Gasteiger partial charge on any atom is 0.283 e. The van der Waals surface area contributed by atoms with E-state index in [2.05, 4.69) is 29.4 Å². The summed E-state index contributed by atoms with van der Waals surface area (Å²) in [6, 6.07) is 7.55. The second kappa shape index (κ2) is 8.44. The zero-order valence-electron chi connectivity index (χ0n) is 14.1. The number of carbonyl (C=O) groups excluding carboxylic acids is 1. The second-order valence-electron chi connectivity index (χ2n) is 5.66. The lowest BCUT2D eigenvalue weighted by molar-refractivity contribution is 0.0958. The van der Waals surface area contributed by atoms with Crippen LogP contribution in [0.5, 0.6) is 5.75 Å². The van der Waals surface area contributed by atoms with Crippen LogP contribution in [-0.2, 0) is 6.42 Å². The third-order valence-corrected chi connectivity index (χ3v) is 4.00. The third kappa shape index (κ3) is 5.06. The van der Waals surface area contributed by atoms with Gasteiger partial charge in [-0.15, -0.1) is 0 Å². The average molecular weight is 346 g/mol. The van der Waals surface area contributed by atoms with Gasteiger partial charge >= 0.3 is 0 Å². The van der Waals surface area contributed by atoms with Crippen molar-refractivity contribution < 1.29 is 9.53 Å². The fourth-order valence-electron chi connectivity index (χ4n) is 1.95. The zero-order chi connectivity index (χ0) is 17.5. The second-order valence-corrected chi connectivity index (χ2v) is 6.69. The molecule has 0 saturated carbocycles. The molecule has 24 heavy (non-hydrogen) atoms. The number of amides is 1. The number of benzene rings is 1. The number of hydrazone groups is 1. The Kier molecular flexibility index (Phi) is 6.31. The molecule has 1 aromatic heterocycles. The highest BCUT2D eigenvalue weighted by Crippen LogP contribution is 2.20. The standard InChI is InChI=1S/C17H22N4O2S/c1-4-14-15(24-17(18)20-14)16(22)21-19-9-12-6-5-7-13(8-12)23-10-11(2)3/h5-9,11H,4,10H2,1-3H3,(H2,18,20)(H,21,22)/b19-9-. The first kappa shape index (κ1) is 17.9. The number of nitrogens with one attached hydrogen (secondary N) is 1. The Balaban J connectivity index is 1.98. The maximum absolute atomic E-state index is 12.1. The predicted molar refractivity (Wildman–Crippen MR) is 97.7 cm³/mol. The molecule has 0 aliphatic rings. The van der Waals surface area contributed by atoms with Crippen LogP contribution in [0, 0.1) is 5.92 Å². The number of nitrogens with zero attached hydrogens (tertiary/aromatic N) is 2. The van der Waals surface area contributed by atoms with Gasteiger partial charge in [0, 0.05) is 0 Å². The number of carbonyl (C=O) groups is 1. The number of nitrogens with two attached hydrogens (primary N) is 1. The molecular formula is C17H22N4O2S. The SMILES string of the molecule is CCc1nc(N)sc1C(=O)N/N=C\c1cccc(OCC(C)C)c1. The lowest BCUT2D eigenvalue weighted by atomic mass is 10.2. The normalized spacial score (nSPS) is 11.2. The van der Waals surface area contributed by atoms with E-state index >= 15 is 0 Å². The zero-order valence-corrected chi connectivity index (χ0v) is 14.9. The quantitative estimate of drug-likeness (QED) is 0.595. The van der Waals surface area contributed by atoms with Gasteiger partial charge in [-0.2, -0.15) is 5.10 Å². The van der Waals surface area contributed by atoms with Gasteiger partial charge in [0.2, 0.25) is 0 Å². The summed E-state index contributed by atoms with van der Waals surface area (Å²) in [4.78, 5) is 16.8. The van der Waals surface area contributed by atoms with E-state index in [0.717, 1.165) is 11.3 Å². The highest BCUT2D eigenvalue weighted by Gasteiger charge is 2.15. The highest BCUT2D eigenvalue weighted by molar-refractivity contribution is 7.17. The van der Waals surface area contributed by atoms with Gasteiger partial charge in [0.15, 0.2) is 5.13 Å². The summed E-state index contributed by atoms with van der Waals surface area (Å²) in [6.45, 7) is 6.77. The van der Waals surface area contributed by atoms with Gasteiger partial charge in [-0.25, -0.2) is 10.4 Å². The van der Waals surface area contributed by atoms with Crippen LogP contribution in [0.15, 0.2) is 29.4 Å². The topological polar surface area (TPSA) is 89.6 Å². The van der Waals surface area contributed by atoms with E-state index in [4.69, 9.17) is 10.5 Å². The number of hydrogen-bond acceptors (Lipinski definition) is 6. The van der Waals surface area contributed by atoms with Crippen LogP contribution in [0.25, 0.3) is 0 Å². The van der Waals surface area contributed by atoms with Crippen LogP contribution in [0.2, 0.25) is 0 Å². The molecule has 1 heterocycles. The molecule has 0 bridgehead atoms. The van der Waals surface area contributed by atoms with Crippen LogP contribution in [0.4, 0.5) is 5.13 Å². The number of aromatic nitrogens is 1. The molecule has 0 radical (unpaired) electrons. The monoisotopic (exact) mass is 346 g/mol. The smallest absolute Gasteiger partial charge is 0.283 e. The van der Waals surface area contributed by atoms with Crippen molar-refractivity contribution in [1.29, 1.82) is 0 Å². The number of anilines is 1. The van der Waals surface area contributed by atoms with Crippen molar-refractivity contribution in [3.63, 3.8) is 0 Å². The minimum absolute atomic E-state index is 0.301. The van der Waals surface area contributed by atoms with E-state index in [1.165, 1.54) is 11.3 Å². The van der Waals surface area contributed by atoms with Crippen molar-refractivity contribution >= 4 is 28.6 Å². The van der Waals surface area contributed by atoms with Crippen molar-refractivity contribution in [1.82, 2.24) is 10.4 Å². The van der Waals surface area contributed by atoms with Gasteiger partial charge in [-0.1, -0.05) is 44.2 Å². The van der Waals surface area contributed by atoms with E-state index in [1.54, 1.807) is 6.21 Å². The van der Waals surface area contributed by atoms with Gasteiger partial charge in [0.1, 0.15) is 10.6 Å². The molecule has 128 valence electrons. The van der Waals surface area contributed by atoms with Gasteiger partial charge in [0.25, 0.3) is 5.91 Å². The lowest BCUT2D eigenvalue weighted by Crippen LogP contribution is -2.17. The van der Waals surface area contributed by atoms with Crippen molar-refractivity contribution in [2.24, 2.45) is 11.0 Å². The molecule has 0 aliphatic carbocycles. The molecule has 2 aromatic rings. The minimum atomic E-state index is -0.301. The number of rotatable bonds is 7. The van der Waals surface area contributed by atoms with Crippen LogP contribution in [-0.4, -0.2) is 23.7 Å². The van der Waals surface area contributed by atoms with E-state index in [-0.39, 0.29) is 5.91 Å². The summed E-state index contributed by atoms with van der Waals surface area (Å²) in [5, 5.41) is 4.38. The molecule has 0 unspecified atom stereocenters. The Morgan fingerprint density at radius 1 is 1.50 bits per heavy atom. The van der Waals surface area contributed by atoms with E-state index in [1.807, 2.05) is 31.2 Å². The van der Waals surface area contributed by atoms with Gasteiger partial charge < -0.3 is 10.5 Å². The number of hydrogen-bond donors (Lipinski definition) is 2. The van der Waals surface area contributed by atoms with Gasteiger partial charge in [-0.05, 0) is 30.0 Å². The Morgan fingerprint density at radius 3 is 3.00 bits per heavy atom. The first-order valence-corrected chi connectivity index (χ1v) is 8.62. The first-order chi connectivity index (χ1) is 11.5. The number of thiazole rings is 1. The van der Waals surface area contributed by atoms with Crippen molar-refractivity contribution in [3.8, 4) is 5.75 Å². The molecule has 0 spiro atoms. The van der Waals surface area contributed by atoms with Crippen LogP contribution in [0.1, 0.15) is 41.7 Å². The number of aryl methyl sites for hydroxylation is 1. The van der Waals surface area contributed by atoms with Crippen molar-refractivity contribution in [2.75, 3.05) is 12.3 Å². The Labute approximate surface area is 145 Å². The summed E-state index contributed by atoms with van der Waals surface area (Å²) in [5.74, 6) is 0.938. The summed E-state index contributed by atoms with van der Waals surface area (Å²) in [6.07, 6.45) is 2.23. The van der Waals surface area contributed by atoms with Crippen molar-refractivity contribution in [3.05, 3.63) is 40.4 Å². The summed E-state index contributed by atoms with van der Waals surface area (Å²) in [7, 11) is 0. The number of ether oxygens (including phenoxy) is 1. The molecule has 7 heteroatoms. The molecule has 0 aliphatic heterocycles. The summed E-state index contributed by atoms with van der Waals surface area (Å²) < 4.78 is 5.67. The minimum Gasteiger partial charge on any atom is -0.493 e. The summed E-state index contributed by atoms with van der Waals surface area (Å²) >= 11 is 1.17. The average Bonchev–Trinajstić information content (AvgIpc) is 2.94. The molecule has 6 nitrogen and oxygen atoms in total. The fourth-order valence-corrected chi connectivity index (χ4v) is 2.76. The maximum atomic E-state index is 12.1. The van der Waals surface area contributed by atoms with E-state index < -0.39 is 0 Å². The Bertz CT molecular complexity index is 725. The summed E-state index contributed by atoms with van der Waals surface area (Å²) in [5.41, 5.74) is 9.70. The lowest BCUT2D eigenvalue weighted by Gasteiger charge is -2.08. The third-order valence-electron chi connectivity index (χ3n) is 3.08. The molecule has 2 rings (SSSR count). The molecule has 1 amide bonds. The van der Waals surface area contributed by atoms with Crippen LogP contribution >= 0.6 is 11.3 Å². The van der Waals surface area contributed by atoms with Gasteiger partial charge in [0.05, 0.1) is 18.5 Å². The van der Waals surface area contributed by atoms with Crippen LogP contribution in [0.3, 0.4) is 0 Å². The van der Waals surface area contributed by atoms with Crippen LogP contribution < -0.4 is 15.9 Å².